The molecule has 30 heavy (non-hydrogen) atoms. The van der Waals surface area contributed by atoms with Gasteiger partial charge in [0.1, 0.15) is 0 Å². The first kappa shape index (κ1) is 20.8. The normalized spacial score (nSPS) is 20.5. The van der Waals surface area contributed by atoms with Gasteiger partial charge < -0.3 is 10.2 Å². The fourth-order valence-corrected chi connectivity index (χ4v) is 4.44. The Balaban J connectivity index is 1.50. The van der Waals surface area contributed by atoms with Crippen LogP contribution in [0.15, 0.2) is 91.0 Å². The molecule has 0 aromatic heterocycles. The van der Waals surface area contributed by atoms with Crippen molar-refractivity contribution in [1.82, 2.24) is 9.80 Å². The Morgan fingerprint density at radius 2 is 1.03 bits per heavy atom. The van der Waals surface area contributed by atoms with Crippen molar-refractivity contribution in [2.45, 2.75) is 37.9 Å². The number of hydrogen-bond donors (Lipinski definition) is 2. The monoisotopic (exact) mass is 402 g/mol. The third kappa shape index (κ3) is 5.35. The summed E-state index contributed by atoms with van der Waals surface area (Å²) in [6.45, 7) is 3.22. The molecule has 4 nitrogen and oxygen atoms in total. The number of benzene rings is 3. The van der Waals surface area contributed by atoms with Crippen LogP contribution in [0.3, 0.4) is 0 Å². The summed E-state index contributed by atoms with van der Waals surface area (Å²) in [5.41, 5.74) is 3.56. The zero-order valence-electron chi connectivity index (χ0n) is 17.2. The first-order chi connectivity index (χ1) is 14.7. The minimum Gasteiger partial charge on any atom is -0.390 e. The molecule has 1 heterocycles. The summed E-state index contributed by atoms with van der Waals surface area (Å²) < 4.78 is 0. The molecule has 0 saturated carbocycles. The minimum absolute atomic E-state index is 0.308. The molecule has 0 radical (unpaired) electrons. The van der Waals surface area contributed by atoms with Crippen molar-refractivity contribution in [3.8, 4) is 0 Å². The van der Waals surface area contributed by atoms with E-state index in [-0.39, 0.29) is 6.04 Å². The third-order valence-electron chi connectivity index (χ3n) is 5.81. The molecular formula is C26H30N2O2. The molecule has 0 unspecified atom stereocenters. The van der Waals surface area contributed by atoms with Crippen molar-refractivity contribution in [3.63, 3.8) is 0 Å². The second-order valence-corrected chi connectivity index (χ2v) is 8.18. The second-order valence-electron chi connectivity index (χ2n) is 8.18. The van der Waals surface area contributed by atoms with Crippen molar-refractivity contribution in [2.75, 3.05) is 13.1 Å². The predicted octanol–water partition coefficient (Wildman–Crippen LogP) is 3.30. The van der Waals surface area contributed by atoms with Gasteiger partial charge in [0, 0.05) is 32.7 Å². The van der Waals surface area contributed by atoms with Crippen molar-refractivity contribution in [1.29, 1.82) is 0 Å². The molecule has 1 saturated heterocycles. The summed E-state index contributed by atoms with van der Waals surface area (Å²) in [4.78, 5) is 4.37. The fraction of sp³-hybridized carbons (Fsp3) is 0.308. The van der Waals surface area contributed by atoms with Gasteiger partial charge in [0.05, 0.1) is 18.2 Å². The number of likely N-dealkylation sites (tertiary alicyclic amines) is 1. The summed E-state index contributed by atoms with van der Waals surface area (Å²) in [5, 5.41) is 22.1. The van der Waals surface area contributed by atoms with Gasteiger partial charge in [-0.25, -0.2) is 0 Å². The molecule has 2 N–H and O–H groups in total. The topological polar surface area (TPSA) is 46.9 Å². The van der Waals surface area contributed by atoms with E-state index >= 15 is 0 Å². The van der Waals surface area contributed by atoms with E-state index in [0.29, 0.717) is 26.2 Å². The Hall–Kier alpha value is -2.50. The lowest BCUT2D eigenvalue weighted by Crippen LogP contribution is -2.61. The molecule has 3 aromatic carbocycles. The summed E-state index contributed by atoms with van der Waals surface area (Å²) in [7, 11) is 0. The lowest BCUT2D eigenvalue weighted by molar-refractivity contribution is -0.0916. The van der Waals surface area contributed by atoms with Crippen LogP contribution in [0.4, 0.5) is 0 Å². The van der Waals surface area contributed by atoms with Crippen LogP contribution in [0.5, 0.6) is 0 Å². The number of β-amino-alcohol motifs (C(OH)–C–C–N with tert-alkyl or cyclic N) is 2. The van der Waals surface area contributed by atoms with Gasteiger partial charge in [-0.3, -0.25) is 9.80 Å². The quantitative estimate of drug-likeness (QED) is 0.637. The maximum absolute atomic E-state index is 11.1. The summed E-state index contributed by atoms with van der Waals surface area (Å²) >= 11 is 0. The summed E-state index contributed by atoms with van der Waals surface area (Å²) in [5.74, 6) is 0. The Kier molecular flexibility index (Phi) is 6.92. The molecule has 1 aliphatic heterocycles. The largest absolute Gasteiger partial charge is 0.390 e. The highest BCUT2D eigenvalue weighted by Crippen LogP contribution is 2.23. The molecule has 4 rings (SSSR count). The van der Waals surface area contributed by atoms with E-state index in [2.05, 4.69) is 46.2 Å². The highest BCUT2D eigenvalue weighted by Gasteiger charge is 2.38. The lowest BCUT2D eigenvalue weighted by atomic mass is 9.95. The van der Waals surface area contributed by atoms with Gasteiger partial charge in [-0.2, -0.15) is 0 Å². The van der Waals surface area contributed by atoms with Crippen molar-refractivity contribution < 1.29 is 10.2 Å². The molecule has 1 aliphatic rings. The molecule has 0 aliphatic carbocycles. The molecule has 4 heteroatoms. The first-order valence-electron chi connectivity index (χ1n) is 10.6. The molecule has 1 fully saturated rings. The van der Waals surface area contributed by atoms with Crippen molar-refractivity contribution in [3.05, 3.63) is 108 Å². The van der Waals surface area contributed by atoms with Crippen LogP contribution in [0, 0.1) is 0 Å². The van der Waals surface area contributed by atoms with Crippen molar-refractivity contribution >= 4 is 0 Å². The fourth-order valence-electron chi connectivity index (χ4n) is 4.44. The average Bonchev–Trinajstić information content (AvgIpc) is 2.75. The highest BCUT2D eigenvalue weighted by atomic mass is 16.3. The predicted molar refractivity (Wildman–Crippen MR) is 120 cm³/mol. The number of hydrogen-bond acceptors (Lipinski definition) is 4. The van der Waals surface area contributed by atoms with Gasteiger partial charge in [0.15, 0.2) is 0 Å². The molecule has 0 spiro atoms. The van der Waals surface area contributed by atoms with E-state index < -0.39 is 12.2 Å². The molecule has 0 amide bonds. The van der Waals surface area contributed by atoms with Gasteiger partial charge in [-0.05, 0) is 16.7 Å². The van der Waals surface area contributed by atoms with Crippen LogP contribution in [0.2, 0.25) is 0 Å². The summed E-state index contributed by atoms with van der Waals surface area (Å²) in [6, 6.07) is 30.5. The van der Waals surface area contributed by atoms with E-state index in [1.807, 2.05) is 54.6 Å². The Bertz CT molecular complexity index is 835. The number of aliphatic hydroxyl groups is 2. The third-order valence-corrected chi connectivity index (χ3v) is 5.81. The molecule has 2 atom stereocenters. The van der Waals surface area contributed by atoms with E-state index in [4.69, 9.17) is 0 Å². The Morgan fingerprint density at radius 3 is 1.47 bits per heavy atom. The number of piperidine rings is 1. The Morgan fingerprint density at radius 1 is 0.633 bits per heavy atom. The van der Waals surface area contributed by atoms with Gasteiger partial charge >= 0.3 is 0 Å². The van der Waals surface area contributed by atoms with Crippen LogP contribution in [0.1, 0.15) is 16.7 Å². The van der Waals surface area contributed by atoms with E-state index in [9.17, 15) is 10.2 Å². The van der Waals surface area contributed by atoms with E-state index in [0.717, 1.165) is 6.54 Å². The van der Waals surface area contributed by atoms with Crippen LogP contribution < -0.4 is 0 Å². The van der Waals surface area contributed by atoms with Crippen LogP contribution in [0.25, 0.3) is 0 Å². The first-order valence-corrected chi connectivity index (χ1v) is 10.6. The smallest absolute Gasteiger partial charge is 0.0848 e. The summed E-state index contributed by atoms with van der Waals surface area (Å²) in [6.07, 6.45) is -1.24. The van der Waals surface area contributed by atoms with Crippen molar-refractivity contribution in [2.24, 2.45) is 0 Å². The van der Waals surface area contributed by atoms with Crippen LogP contribution in [-0.2, 0) is 19.6 Å². The van der Waals surface area contributed by atoms with Gasteiger partial charge in [0.2, 0.25) is 0 Å². The standard InChI is InChI=1S/C26H30N2O2/c29-24-19-27(16-21-10-4-1-5-11-21)20-25(30)26(24)28(17-22-12-6-2-7-13-22)18-23-14-8-3-9-15-23/h1-15,24-26,29-30H,16-20H2/t24-,25-/m0/s1. The molecular weight excluding hydrogens is 372 g/mol. The average molecular weight is 403 g/mol. The van der Waals surface area contributed by atoms with Crippen LogP contribution in [-0.4, -0.2) is 51.4 Å². The zero-order chi connectivity index (χ0) is 20.8. The van der Waals surface area contributed by atoms with Gasteiger partial charge in [-0.15, -0.1) is 0 Å². The van der Waals surface area contributed by atoms with E-state index in [1.165, 1.54) is 16.7 Å². The number of rotatable bonds is 7. The van der Waals surface area contributed by atoms with Gasteiger partial charge in [-0.1, -0.05) is 91.0 Å². The minimum atomic E-state index is -0.620. The lowest BCUT2D eigenvalue weighted by Gasteiger charge is -2.45. The highest BCUT2D eigenvalue weighted by molar-refractivity contribution is 5.18. The molecule has 156 valence electrons. The number of aliphatic hydroxyl groups excluding tert-OH is 2. The Labute approximate surface area is 179 Å². The molecule has 3 aromatic rings. The van der Waals surface area contributed by atoms with Gasteiger partial charge in [0.25, 0.3) is 0 Å². The van der Waals surface area contributed by atoms with Crippen LogP contribution >= 0.6 is 0 Å². The molecule has 0 bridgehead atoms. The number of nitrogens with zero attached hydrogens (tertiary/aromatic N) is 2. The second kappa shape index (κ2) is 10.0. The zero-order valence-corrected chi connectivity index (χ0v) is 17.2. The maximum Gasteiger partial charge on any atom is 0.0848 e. The SMILES string of the molecule is O[C@H]1CN(Cc2ccccc2)C[C@H](O)C1N(Cc1ccccc1)Cc1ccccc1. The van der Waals surface area contributed by atoms with E-state index in [1.54, 1.807) is 0 Å². The maximum atomic E-state index is 11.1.